The summed E-state index contributed by atoms with van der Waals surface area (Å²) in [5.74, 6) is -0.853. The Bertz CT molecular complexity index is 473. The first-order valence-electron chi connectivity index (χ1n) is 6.29. The van der Waals surface area contributed by atoms with Crippen molar-refractivity contribution in [2.45, 2.75) is 39.2 Å². The van der Waals surface area contributed by atoms with Gasteiger partial charge in [-0.05, 0) is 37.5 Å². The van der Waals surface area contributed by atoms with Crippen LogP contribution in [0, 0.1) is 12.7 Å². The molecule has 0 bridgehead atoms. The number of aryl methyl sites for hydroxylation is 1. The van der Waals surface area contributed by atoms with Gasteiger partial charge in [0.25, 0.3) is 5.91 Å². The van der Waals surface area contributed by atoms with Crippen LogP contribution in [-0.2, 0) is 0 Å². The smallest absolute Gasteiger partial charge is 0.252 e. The lowest BCUT2D eigenvalue weighted by Crippen LogP contribution is -2.42. The summed E-state index contributed by atoms with van der Waals surface area (Å²) in [4.78, 5) is 12.0. The number of aliphatic hydroxyl groups is 1. The summed E-state index contributed by atoms with van der Waals surface area (Å²) in [6.07, 6.45) is 1.08. The topological polar surface area (TPSA) is 49.3 Å². The van der Waals surface area contributed by atoms with Crippen LogP contribution in [0.5, 0.6) is 0 Å². The van der Waals surface area contributed by atoms with E-state index in [0.29, 0.717) is 18.4 Å². The van der Waals surface area contributed by atoms with E-state index in [9.17, 15) is 14.3 Å². The molecule has 0 saturated heterocycles. The summed E-state index contributed by atoms with van der Waals surface area (Å²) in [7, 11) is 0. The molecule has 19 heavy (non-hydrogen) atoms. The quantitative estimate of drug-likeness (QED) is 0.874. The monoisotopic (exact) mass is 287 g/mol. The fourth-order valence-electron chi connectivity index (χ4n) is 1.67. The lowest BCUT2D eigenvalue weighted by molar-refractivity contribution is 0.0314. The standard InChI is InChI=1S/C14H19ClFNO2/c1-4-14(19,5-2)8-17-13(18)10-6-9(3)12(16)7-11(10)15/h6-7,19H,4-5,8H2,1-3H3,(H,17,18). The normalized spacial score (nSPS) is 11.5. The van der Waals surface area contributed by atoms with Crippen LogP contribution in [0.2, 0.25) is 5.02 Å². The Morgan fingerprint density at radius 2 is 2.00 bits per heavy atom. The van der Waals surface area contributed by atoms with Gasteiger partial charge in [-0.3, -0.25) is 4.79 Å². The van der Waals surface area contributed by atoms with Gasteiger partial charge >= 0.3 is 0 Å². The van der Waals surface area contributed by atoms with Gasteiger partial charge in [-0.1, -0.05) is 25.4 Å². The highest BCUT2D eigenvalue weighted by molar-refractivity contribution is 6.33. The van der Waals surface area contributed by atoms with Crippen molar-refractivity contribution < 1.29 is 14.3 Å². The summed E-state index contributed by atoms with van der Waals surface area (Å²) in [6, 6.07) is 2.53. The fraction of sp³-hybridized carbons (Fsp3) is 0.500. The SMILES string of the molecule is CCC(O)(CC)CNC(=O)c1cc(C)c(F)cc1Cl. The van der Waals surface area contributed by atoms with Gasteiger partial charge in [0.05, 0.1) is 16.2 Å². The Hall–Kier alpha value is -1.13. The molecule has 0 atom stereocenters. The van der Waals surface area contributed by atoms with Crippen LogP contribution in [0.25, 0.3) is 0 Å². The van der Waals surface area contributed by atoms with Gasteiger partial charge < -0.3 is 10.4 Å². The molecule has 0 aromatic heterocycles. The highest BCUT2D eigenvalue weighted by atomic mass is 35.5. The van der Waals surface area contributed by atoms with Gasteiger partial charge in [0, 0.05) is 6.54 Å². The van der Waals surface area contributed by atoms with E-state index in [1.54, 1.807) is 6.92 Å². The Labute approximate surface area is 117 Å². The Morgan fingerprint density at radius 1 is 1.42 bits per heavy atom. The zero-order valence-electron chi connectivity index (χ0n) is 11.4. The zero-order chi connectivity index (χ0) is 14.6. The third kappa shape index (κ3) is 3.91. The number of halogens is 2. The van der Waals surface area contributed by atoms with Gasteiger partial charge in [-0.25, -0.2) is 4.39 Å². The van der Waals surface area contributed by atoms with Crippen molar-refractivity contribution in [2.75, 3.05) is 6.54 Å². The molecule has 1 rings (SSSR count). The molecule has 3 nitrogen and oxygen atoms in total. The third-order valence-corrected chi connectivity index (χ3v) is 3.70. The van der Waals surface area contributed by atoms with E-state index in [-0.39, 0.29) is 17.1 Å². The summed E-state index contributed by atoms with van der Waals surface area (Å²) in [5.41, 5.74) is -0.345. The highest BCUT2D eigenvalue weighted by Crippen LogP contribution is 2.21. The van der Waals surface area contributed by atoms with Gasteiger partial charge in [0.15, 0.2) is 0 Å². The number of hydrogen-bond acceptors (Lipinski definition) is 2. The molecule has 1 aromatic rings. The number of amides is 1. The van der Waals surface area contributed by atoms with Gasteiger partial charge in [-0.15, -0.1) is 0 Å². The molecule has 0 heterocycles. The summed E-state index contributed by atoms with van der Waals surface area (Å²) >= 11 is 5.85. The van der Waals surface area contributed by atoms with Crippen LogP contribution in [-0.4, -0.2) is 23.2 Å². The molecule has 0 radical (unpaired) electrons. The molecular weight excluding hydrogens is 269 g/mol. The summed E-state index contributed by atoms with van der Waals surface area (Å²) in [6.45, 7) is 5.41. The second-order valence-electron chi connectivity index (χ2n) is 4.70. The number of carbonyl (C=O) groups excluding carboxylic acids is 1. The van der Waals surface area contributed by atoms with Crippen molar-refractivity contribution in [3.8, 4) is 0 Å². The van der Waals surface area contributed by atoms with E-state index in [1.807, 2.05) is 13.8 Å². The fourth-order valence-corrected chi connectivity index (χ4v) is 1.91. The van der Waals surface area contributed by atoms with Crippen molar-refractivity contribution in [1.82, 2.24) is 5.32 Å². The Morgan fingerprint density at radius 3 is 2.53 bits per heavy atom. The highest BCUT2D eigenvalue weighted by Gasteiger charge is 2.23. The first-order valence-corrected chi connectivity index (χ1v) is 6.67. The molecule has 1 amide bonds. The van der Waals surface area contributed by atoms with E-state index < -0.39 is 17.3 Å². The van der Waals surface area contributed by atoms with Gasteiger partial charge in [-0.2, -0.15) is 0 Å². The first kappa shape index (κ1) is 15.9. The molecule has 0 spiro atoms. The van der Waals surface area contributed by atoms with Crippen LogP contribution in [0.15, 0.2) is 12.1 Å². The molecule has 0 unspecified atom stereocenters. The predicted molar refractivity (Wildman–Crippen MR) is 74.0 cm³/mol. The van der Waals surface area contributed by atoms with E-state index in [4.69, 9.17) is 11.6 Å². The Kier molecular flexibility index (Phi) is 5.32. The lowest BCUT2D eigenvalue weighted by atomic mass is 9.97. The second-order valence-corrected chi connectivity index (χ2v) is 5.10. The van der Waals surface area contributed by atoms with Crippen molar-refractivity contribution in [3.63, 3.8) is 0 Å². The number of rotatable bonds is 5. The van der Waals surface area contributed by atoms with Crippen molar-refractivity contribution in [3.05, 3.63) is 34.1 Å². The molecule has 0 saturated carbocycles. The lowest BCUT2D eigenvalue weighted by Gasteiger charge is -2.25. The van der Waals surface area contributed by atoms with Crippen LogP contribution >= 0.6 is 11.6 Å². The number of carbonyl (C=O) groups is 1. The third-order valence-electron chi connectivity index (χ3n) is 3.39. The number of benzene rings is 1. The van der Waals surface area contributed by atoms with Crippen LogP contribution < -0.4 is 5.32 Å². The van der Waals surface area contributed by atoms with Crippen LogP contribution in [0.3, 0.4) is 0 Å². The predicted octanol–water partition coefficient (Wildman–Crippen LogP) is 3.07. The van der Waals surface area contributed by atoms with Crippen molar-refractivity contribution >= 4 is 17.5 Å². The minimum atomic E-state index is -0.919. The molecular formula is C14H19ClFNO2. The van der Waals surface area contributed by atoms with Crippen LogP contribution in [0.1, 0.15) is 42.6 Å². The maximum Gasteiger partial charge on any atom is 0.252 e. The molecule has 0 aliphatic carbocycles. The van der Waals surface area contributed by atoms with E-state index in [1.165, 1.54) is 6.07 Å². The first-order chi connectivity index (χ1) is 8.83. The molecule has 0 aliphatic rings. The summed E-state index contributed by atoms with van der Waals surface area (Å²) < 4.78 is 13.3. The minimum absolute atomic E-state index is 0.0668. The van der Waals surface area contributed by atoms with Crippen LogP contribution in [0.4, 0.5) is 4.39 Å². The maximum atomic E-state index is 13.3. The maximum absolute atomic E-state index is 13.3. The second kappa shape index (κ2) is 6.35. The van der Waals surface area contributed by atoms with E-state index in [2.05, 4.69) is 5.32 Å². The molecule has 0 fully saturated rings. The average Bonchev–Trinajstić information content (AvgIpc) is 2.39. The Balaban J connectivity index is 2.82. The summed E-state index contributed by atoms with van der Waals surface area (Å²) in [5, 5.41) is 12.8. The van der Waals surface area contributed by atoms with Gasteiger partial charge in [0.1, 0.15) is 5.82 Å². The van der Waals surface area contributed by atoms with E-state index >= 15 is 0 Å². The minimum Gasteiger partial charge on any atom is -0.388 e. The molecule has 0 aliphatic heterocycles. The number of nitrogens with one attached hydrogen (secondary N) is 1. The molecule has 5 heteroatoms. The average molecular weight is 288 g/mol. The van der Waals surface area contributed by atoms with Crippen molar-refractivity contribution in [1.29, 1.82) is 0 Å². The zero-order valence-corrected chi connectivity index (χ0v) is 12.1. The van der Waals surface area contributed by atoms with Gasteiger partial charge in [0.2, 0.25) is 0 Å². The molecule has 1 aromatic carbocycles. The molecule has 2 N–H and O–H groups in total. The number of hydrogen-bond donors (Lipinski definition) is 2. The van der Waals surface area contributed by atoms with E-state index in [0.717, 1.165) is 6.07 Å². The largest absolute Gasteiger partial charge is 0.388 e. The van der Waals surface area contributed by atoms with Crippen molar-refractivity contribution in [2.24, 2.45) is 0 Å². The molecule has 106 valence electrons.